The van der Waals surface area contributed by atoms with Crippen molar-refractivity contribution in [1.29, 1.82) is 0 Å². The van der Waals surface area contributed by atoms with Crippen LogP contribution in [0.25, 0.3) is 33.4 Å². The van der Waals surface area contributed by atoms with Gasteiger partial charge < -0.3 is 0 Å². The second-order valence-electron chi connectivity index (χ2n) is 13.2. The molecule has 0 saturated heterocycles. The standard InChI is InChI=1S/C45H38N6O2/c1-2-3-31-49-43(52)40-25-15-16-26-41(40)50(44(49)53)32-33-27-29-34(30-28-33)38-23-13-14-24-39(38)42-46-47-48-51(42)45(35-17-7-4-8-18-35,36-19-9-5-10-20-36)37-21-11-6-12-22-37/h4-30H,2-3,31-32H2,1H3. The Morgan fingerprint density at radius 1 is 0.585 bits per heavy atom. The van der Waals surface area contributed by atoms with Gasteiger partial charge >= 0.3 is 5.69 Å². The number of rotatable bonds is 11. The molecule has 0 N–H and O–H groups in total. The highest BCUT2D eigenvalue weighted by Gasteiger charge is 2.42. The lowest BCUT2D eigenvalue weighted by Gasteiger charge is -2.36. The predicted octanol–water partition coefficient (Wildman–Crippen LogP) is 8.17. The highest BCUT2D eigenvalue weighted by molar-refractivity contribution is 5.81. The average Bonchev–Trinajstić information content (AvgIpc) is 3.71. The van der Waals surface area contributed by atoms with Crippen LogP contribution in [0.2, 0.25) is 0 Å². The van der Waals surface area contributed by atoms with E-state index in [1.54, 1.807) is 10.6 Å². The number of aromatic nitrogens is 6. The van der Waals surface area contributed by atoms with Crippen molar-refractivity contribution >= 4 is 10.9 Å². The fourth-order valence-corrected chi connectivity index (χ4v) is 7.43. The Bertz CT molecular complexity index is 2520. The SMILES string of the molecule is CCCCn1c(=O)c2ccccc2n(Cc2ccc(-c3ccccc3-c3nnnn3C(c3ccccc3)(c3ccccc3)c3ccccc3)cc2)c1=O. The van der Waals surface area contributed by atoms with Gasteiger partial charge in [0, 0.05) is 12.1 Å². The van der Waals surface area contributed by atoms with Gasteiger partial charge in [-0.2, -0.15) is 0 Å². The van der Waals surface area contributed by atoms with Gasteiger partial charge in [-0.15, -0.1) is 5.10 Å². The molecule has 2 aromatic heterocycles. The molecule has 0 unspecified atom stereocenters. The molecule has 0 amide bonds. The van der Waals surface area contributed by atoms with Crippen LogP contribution in [-0.2, 0) is 18.6 Å². The van der Waals surface area contributed by atoms with Gasteiger partial charge in [-0.25, -0.2) is 9.48 Å². The molecule has 0 fully saturated rings. The van der Waals surface area contributed by atoms with Crippen molar-refractivity contribution in [3.63, 3.8) is 0 Å². The topological polar surface area (TPSA) is 87.6 Å². The zero-order chi connectivity index (χ0) is 36.2. The third kappa shape index (κ3) is 5.98. The number of benzene rings is 6. The van der Waals surface area contributed by atoms with E-state index in [4.69, 9.17) is 10.3 Å². The number of unbranched alkanes of at least 4 members (excludes halogenated alkanes) is 1. The van der Waals surface area contributed by atoms with E-state index in [1.165, 1.54) is 4.57 Å². The van der Waals surface area contributed by atoms with Gasteiger partial charge in [0.2, 0.25) is 0 Å². The van der Waals surface area contributed by atoms with Crippen LogP contribution in [0.3, 0.4) is 0 Å². The quantitative estimate of drug-likeness (QED) is 0.128. The van der Waals surface area contributed by atoms with Crippen LogP contribution in [0.15, 0.2) is 173 Å². The lowest BCUT2D eigenvalue weighted by molar-refractivity contribution is 0.451. The summed E-state index contributed by atoms with van der Waals surface area (Å²) >= 11 is 0. The van der Waals surface area contributed by atoms with E-state index in [0.29, 0.717) is 29.8 Å². The summed E-state index contributed by atoms with van der Waals surface area (Å²) in [6, 6.07) is 54.8. The largest absolute Gasteiger partial charge is 0.331 e. The number of nitrogens with zero attached hydrogens (tertiary/aromatic N) is 6. The van der Waals surface area contributed by atoms with E-state index in [-0.39, 0.29) is 11.2 Å². The minimum atomic E-state index is -0.886. The first kappa shape index (κ1) is 33.5. The fraction of sp³-hybridized carbons (Fsp3) is 0.133. The van der Waals surface area contributed by atoms with Crippen LogP contribution in [0.1, 0.15) is 42.0 Å². The highest BCUT2D eigenvalue weighted by Crippen LogP contribution is 2.43. The van der Waals surface area contributed by atoms with Crippen molar-refractivity contribution in [1.82, 2.24) is 29.3 Å². The third-order valence-corrected chi connectivity index (χ3v) is 10.0. The van der Waals surface area contributed by atoms with Crippen LogP contribution < -0.4 is 11.2 Å². The van der Waals surface area contributed by atoms with Crippen molar-refractivity contribution in [3.8, 4) is 22.5 Å². The molecule has 260 valence electrons. The summed E-state index contributed by atoms with van der Waals surface area (Å²) in [6.45, 7) is 2.78. The van der Waals surface area contributed by atoms with Crippen molar-refractivity contribution in [2.75, 3.05) is 0 Å². The summed E-state index contributed by atoms with van der Waals surface area (Å²) in [7, 11) is 0. The minimum absolute atomic E-state index is 0.236. The number of para-hydroxylation sites is 1. The predicted molar refractivity (Wildman–Crippen MR) is 210 cm³/mol. The number of fused-ring (bicyclic) bond motifs is 1. The molecule has 0 atom stereocenters. The number of tetrazole rings is 1. The smallest absolute Gasteiger partial charge is 0.289 e. The van der Waals surface area contributed by atoms with Gasteiger partial charge in [0.05, 0.1) is 17.4 Å². The van der Waals surface area contributed by atoms with Crippen LogP contribution in [-0.4, -0.2) is 29.3 Å². The zero-order valence-corrected chi connectivity index (χ0v) is 29.4. The molecule has 8 nitrogen and oxygen atoms in total. The Labute approximate surface area is 307 Å². The van der Waals surface area contributed by atoms with Gasteiger partial charge in [0.25, 0.3) is 5.56 Å². The molecule has 8 rings (SSSR count). The third-order valence-electron chi connectivity index (χ3n) is 10.0. The van der Waals surface area contributed by atoms with Crippen LogP contribution >= 0.6 is 0 Å². The second-order valence-corrected chi connectivity index (χ2v) is 13.2. The summed E-state index contributed by atoms with van der Waals surface area (Å²) in [4.78, 5) is 27.0. The van der Waals surface area contributed by atoms with Crippen LogP contribution in [0.5, 0.6) is 0 Å². The van der Waals surface area contributed by atoms with E-state index in [1.807, 2.05) is 102 Å². The van der Waals surface area contributed by atoms with Gasteiger partial charge in [0.15, 0.2) is 5.82 Å². The van der Waals surface area contributed by atoms with E-state index in [0.717, 1.165) is 51.8 Å². The van der Waals surface area contributed by atoms with Crippen LogP contribution in [0.4, 0.5) is 0 Å². The van der Waals surface area contributed by atoms with Crippen LogP contribution in [0, 0.1) is 0 Å². The van der Waals surface area contributed by atoms with E-state index >= 15 is 0 Å². The fourth-order valence-electron chi connectivity index (χ4n) is 7.43. The van der Waals surface area contributed by atoms with Crippen molar-refractivity contribution in [3.05, 3.63) is 207 Å². The van der Waals surface area contributed by atoms with E-state index in [2.05, 4.69) is 72.8 Å². The summed E-state index contributed by atoms with van der Waals surface area (Å²) < 4.78 is 5.03. The highest BCUT2D eigenvalue weighted by atomic mass is 16.2. The summed E-state index contributed by atoms with van der Waals surface area (Å²) in [5.74, 6) is 0.619. The first-order chi connectivity index (χ1) is 26.1. The molecule has 0 spiro atoms. The Balaban J connectivity index is 1.24. The minimum Gasteiger partial charge on any atom is -0.289 e. The summed E-state index contributed by atoms with van der Waals surface area (Å²) in [6.07, 6.45) is 1.65. The Morgan fingerprint density at radius 2 is 1.13 bits per heavy atom. The molecular formula is C45H38N6O2. The summed E-state index contributed by atoms with van der Waals surface area (Å²) in [5, 5.41) is 14.3. The molecule has 6 aromatic carbocycles. The molecule has 0 aliphatic rings. The number of hydrogen-bond acceptors (Lipinski definition) is 5. The maximum atomic E-state index is 13.7. The molecule has 0 bridgehead atoms. The Morgan fingerprint density at radius 3 is 1.74 bits per heavy atom. The maximum absolute atomic E-state index is 13.7. The lowest BCUT2D eigenvalue weighted by atomic mass is 9.77. The van der Waals surface area contributed by atoms with Gasteiger partial charge in [0.1, 0.15) is 5.54 Å². The molecular weight excluding hydrogens is 657 g/mol. The molecule has 53 heavy (non-hydrogen) atoms. The van der Waals surface area contributed by atoms with Gasteiger partial charge in [-0.05, 0) is 62.4 Å². The Kier molecular flexibility index (Phi) is 9.17. The van der Waals surface area contributed by atoms with Gasteiger partial charge in [-0.3, -0.25) is 13.9 Å². The monoisotopic (exact) mass is 694 g/mol. The van der Waals surface area contributed by atoms with Crippen molar-refractivity contribution in [2.24, 2.45) is 0 Å². The van der Waals surface area contributed by atoms with Crippen molar-refractivity contribution < 1.29 is 0 Å². The average molecular weight is 695 g/mol. The van der Waals surface area contributed by atoms with Crippen molar-refractivity contribution in [2.45, 2.75) is 38.4 Å². The number of hydrogen-bond donors (Lipinski definition) is 0. The summed E-state index contributed by atoms with van der Waals surface area (Å²) in [5.41, 5.74) is 6.07. The molecule has 0 aliphatic carbocycles. The van der Waals surface area contributed by atoms with E-state index < -0.39 is 5.54 Å². The Hall–Kier alpha value is -6.67. The molecule has 8 aromatic rings. The first-order valence-electron chi connectivity index (χ1n) is 18.0. The zero-order valence-electron chi connectivity index (χ0n) is 29.4. The normalized spacial score (nSPS) is 11.6. The lowest BCUT2D eigenvalue weighted by Crippen LogP contribution is -2.40. The second kappa shape index (κ2) is 14.5. The van der Waals surface area contributed by atoms with E-state index in [9.17, 15) is 9.59 Å². The first-order valence-corrected chi connectivity index (χ1v) is 18.0. The maximum Gasteiger partial charge on any atom is 0.331 e. The van der Waals surface area contributed by atoms with Gasteiger partial charge in [-0.1, -0.05) is 165 Å². The molecule has 0 saturated carbocycles. The molecule has 0 radical (unpaired) electrons. The molecule has 8 heteroatoms. The molecule has 0 aliphatic heterocycles. The molecule has 2 heterocycles.